The largest absolute Gasteiger partial charge is 0.503 e. The van der Waals surface area contributed by atoms with Gasteiger partial charge in [0.15, 0.2) is 11.5 Å². The molecular formula is C28H29N3O3. The Kier molecular flexibility index (Phi) is 7.28. The van der Waals surface area contributed by atoms with E-state index in [1.54, 1.807) is 22.2 Å². The van der Waals surface area contributed by atoms with Crippen molar-refractivity contribution in [3.05, 3.63) is 125 Å². The first kappa shape index (κ1) is 23.1. The Morgan fingerprint density at radius 2 is 1.21 bits per heavy atom. The van der Waals surface area contributed by atoms with Gasteiger partial charge in [-0.15, -0.1) is 0 Å². The molecule has 2 amide bonds. The van der Waals surface area contributed by atoms with Gasteiger partial charge in [0.05, 0.1) is 17.9 Å². The van der Waals surface area contributed by atoms with Crippen molar-refractivity contribution in [2.45, 2.75) is 32.7 Å². The van der Waals surface area contributed by atoms with E-state index in [9.17, 15) is 15.0 Å². The molecule has 1 aliphatic heterocycles. The molecule has 1 aliphatic rings. The molecule has 0 saturated heterocycles. The van der Waals surface area contributed by atoms with E-state index in [4.69, 9.17) is 0 Å². The molecule has 4 rings (SSSR count). The van der Waals surface area contributed by atoms with Crippen LogP contribution < -0.4 is 0 Å². The maximum Gasteiger partial charge on any atom is 0.329 e. The number of hydrogen-bond donors (Lipinski definition) is 2. The summed E-state index contributed by atoms with van der Waals surface area (Å²) in [6, 6.07) is 22.7. The number of pyridine rings is 1. The summed E-state index contributed by atoms with van der Waals surface area (Å²) >= 11 is 0. The van der Waals surface area contributed by atoms with E-state index in [2.05, 4.69) is 4.98 Å². The molecule has 0 radical (unpaired) electrons. The van der Waals surface area contributed by atoms with Crippen molar-refractivity contribution >= 4 is 6.03 Å². The SMILES string of the molecule is CCCN1C(=O)N(Cc2ccncc2)C(Cc2ccccc2)=C(O)C(O)=C1Cc1ccccc1. The van der Waals surface area contributed by atoms with E-state index in [1.165, 1.54) is 0 Å². The summed E-state index contributed by atoms with van der Waals surface area (Å²) < 4.78 is 0. The van der Waals surface area contributed by atoms with E-state index in [1.807, 2.05) is 79.7 Å². The summed E-state index contributed by atoms with van der Waals surface area (Å²) in [6.45, 7) is 2.66. The first-order chi connectivity index (χ1) is 16.6. The van der Waals surface area contributed by atoms with Gasteiger partial charge in [-0.05, 0) is 35.2 Å². The number of aromatic nitrogens is 1. The van der Waals surface area contributed by atoms with Crippen molar-refractivity contribution in [1.82, 2.24) is 14.8 Å². The van der Waals surface area contributed by atoms with Crippen LogP contribution in [0.15, 0.2) is 108 Å². The van der Waals surface area contributed by atoms with E-state index in [-0.39, 0.29) is 24.1 Å². The zero-order valence-electron chi connectivity index (χ0n) is 19.3. The Morgan fingerprint density at radius 1 is 0.706 bits per heavy atom. The summed E-state index contributed by atoms with van der Waals surface area (Å²) in [7, 11) is 0. The zero-order chi connectivity index (χ0) is 23.9. The first-order valence-electron chi connectivity index (χ1n) is 11.5. The van der Waals surface area contributed by atoms with Crippen molar-refractivity contribution in [2.24, 2.45) is 0 Å². The second kappa shape index (κ2) is 10.7. The lowest BCUT2D eigenvalue weighted by Crippen LogP contribution is -2.42. The van der Waals surface area contributed by atoms with Crippen LogP contribution in [0, 0.1) is 0 Å². The highest BCUT2D eigenvalue weighted by Gasteiger charge is 2.35. The van der Waals surface area contributed by atoms with Gasteiger partial charge in [-0.2, -0.15) is 0 Å². The number of carbonyl (C=O) groups is 1. The smallest absolute Gasteiger partial charge is 0.329 e. The third kappa shape index (κ3) is 5.12. The third-order valence-corrected chi connectivity index (χ3v) is 5.85. The predicted molar refractivity (Wildman–Crippen MR) is 132 cm³/mol. The Hall–Kier alpha value is -4.06. The van der Waals surface area contributed by atoms with Crippen LogP contribution in [0.2, 0.25) is 0 Å². The number of carbonyl (C=O) groups excluding carboxylic acids is 1. The number of aliphatic hydroxyl groups is 2. The Labute approximate surface area is 200 Å². The number of aliphatic hydroxyl groups excluding tert-OH is 2. The standard InChI is InChI=1S/C28H29N3O3/c1-2-17-30-24(18-21-9-5-3-6-10-21)26(32)27(33)25(19-22-11-7-4-8-12-22)31(28(30)34)20-23-13-15-29-16-14-23/h3-16,32-33H,2,17-20H2,1H3. The molecular weight excluding hydrogens is 426 g/mol. The molecule has 34 heavy (non-hydrogen) atoms. The van der Waals surface area contributed by atoms with Gasteiger partial charge in [0, 0.05) is 31.8 Å². The quantitative estimate of drug-likeness (QED) is 0.453. The lowest BCUT2D eigenvalue weighted by Gasteiger charge is -2.31. The fourth-order valence-electron chi connectivity index (χ4n) is 4.13. The normalized spacial score (nSPS) is 14.6. The van der Waals surface area contributed by atoms with Gasteiger partial charge in [-0.3, -0.25) is 14.8 Å². The Morgan fingerprint density at radius 3 is 1.71 bits per heavy atom. The minimum atomic E-state index is -0.272. The molecule has 0 fully saturated rings. The van der Waals surface area contributed by atoms with Crippen LogP contribution in [0.4, 0.5) is 4.79 Å². The lowest BCUT2D eigenvalue weighted by atomic mass is 10.1. The summed E-state index contributed by atoms with van der Waals surface area (Å²) in [5.41, 5.74) is 3.52. The van der Waals surface area contributed by atoms with Crippen molar-refractivity contribution in [3.63, 3.8) is 0 Å². The maximum atomic E-state index is 14.0. The fraction of sp³-hybridized carbons (Fsp3) is 0.214. The van der Waals surface area contributed by atoms with Crippen molar-refractivity contribution in [3.8, 4) is 0 Å². The van der Waals surface area contributed by atoms with Crippen LogP contribution in [0.25, 0.3) is 0 Å². The fourth-order valence-corrected chi connectivity index (χ4v) is 4.13. The number of urea groups is 1. The number of benzene rings is 2. The molecule has 0 unspecified atom stereocenters. The number of amides is 2. The molecule has 2 aromatic carbocycles. The lowest BCUT2D eigenvalue weighted by molar-refractivity contribution is 0.173. The third-order valence-electron chi connectivity index (χ3n) is 5.85. The minimum absolute atomic E-state index is 0.250. The average Bonchev–Trinajstić information content (AvgIpc) is 2.94. The highest BCUT2D eigenvalue weighted by Crippen LogP contribution is 2.31. The van der Waals surface area contributed by atoms with Crippen molar-refractivity contribution < 1.29 is 15.0 Å². The molecule has 0 aliphatic carbocycles. The molecule has 2 N–H and O–H groups in total. The van der Waals surface area contributed by atoms with Gasteiger partial charge >= 0.3 is 6.03 Å². The number of rotatable bonds is 8. The Bertz CT molecular complexity index is 1180. The summed E-state index contributed by atoms with van der Waals surface area (Å²) in [4.78, 5) is 21.2. The van der Waals surface area contributed by atoms with Gasteiger partial charge in [0.1, 0.15) is 0 Å². The molecule has 174 valence electrons. The van der Waals surface area contributed by atoms with Gasteiger partial charge in [-0.25, -0.2) is 4.79 Å². The summed E-state index contributed by atoms with van der Waals surface area (Å²) in [5, 5.41) is 22.6. The second-order valence-corrected chi connectivity index (χ2v) is 8.29. The molecule has 0 bridgehead atoms. The Balaban J connectivity index is 1.82. The highest BCUT2D eigenvalue weighted by atomic mass is 16.3. The van der Waals surface area contributed by atoms with E-state index < -0.39 is 0 Å². The van der Waals surface area contributed by atoms with Gasteiger partial charge in [-0.1, -0.05) is 67.6 Å². The number of hydrogen-bond acceptors (Lipinski definition) is 4. The summed E-state index contributed by atoms with van der Waals surface area (Å²) in [6.07, 6.45) is 4.68. The van der Waals surface area contributed by atoms with E-state index in [0.29, 0.717) is 37.2 Å². The van der Waals surface area contributed by atoms with E-state index >= 15 is 0 Å². The van der Waals surface area contributed by atoms with Crippen LogP contribution in [0.3, 0.4) is 0 Å². The molecule has 0 saturated carbocycles. The van der Waals surface area contributed by atoms with Crippen LogP contribution >= 0.6 is 0 Å². The number of allylic oxidation sites excluding steroid dienone is 2. The topological polar surface area (TPSA) is 76.9 Å². The molecule has 0 spiro atoms. The molecule has 1 aromatic heterocycles. The maximum absolute atomic E-state index is 14.0. The monoisotopic (exact) mass is 455 g/mol. The van der Waals surface area contributed by atoms with Crippen LogP contribution in [0.1, 0.15) is 30.0 Å². The summed E-state index contributed by atoms with van der Waals surface area (Å²) in [5.74, 6) is -0.524. The van der Waals surface area contributed by atoms with Gasteiger partial charge < -0.3 is 10.2 Å². The molecule has 2 heterocycles. The molecule has 0 atom stereocenters. The first-order valence-corrected chi connectivity index (χ1v) is 11.5. The van der Waals surface area contributed by atoms with Crippen molar-refractivity contribution in [2.75, 3.05) is 6.54 Å². The predicted octanol–water partition coefficient (Wildman–Crippen LogP) is 5.75. The van der Waals surface area contributed by atoms with Gasteiger partial charge in [0.2, 0.25) is 0 Å². The molecule has 6 nitrogen and oxygen atoms in total. The van der Waals surface area contributed by atoms with Crippen LogP contribution in [-0.4, -0.2) is 37.6 Å². The molecule has 3 aromatic rings. The second-order valence-electron chi connectivity index (χ2n) is 8.29. The average molecular weight is 456 g/mol. The number of nitrogens with zero attached hydrogens (tertiary/aromatic N) is 3. The highest BCUT2D eigenvalue weighted by molar-refractivity contribution is 5.80. The zero-order valence-corrected chi connectivity index (χ0v) is 19.3. The van der Waals surface area contributed by atoms with E-state index in [0.717, 1.165) is 16.7 Å². The minimum Gasteiger partial charge on any atom is -0.503 e. The van der Waals surface area contributed by atoms with Gasteiger partial charge in [0.25, 0.3) is 0 Å². The van der Waals surface area contributed by atoms with Crippen LogP contribution in [-0.2, 0) is 19.4 Å². The van der Waals surface area contributed by atoms with Crippen molar-refractivity contribution in [1.29, 1.82) is 0 Å². The van der Waals surface area contributed by atoms with Crippen LogP contribution in [0.5, 0.6) is 0 Å². The molecule has 6 heteroatoms.